The van der Waals surface area contributed by atoms with Gasteiger partial charge in [0, 0.05) is 31.3 Å². The first-order valence-corrected chi connectivity index (χ1v) is 8.92. The molecule has 1 spiro atoms. The summed E-state index contributed by atoms with van der Waals surface area (Å²) in [6.07, 6.45) is 7.91. The molecule has 5 nitrogen and oxygen atoms in total. The summed E-state index contributed by atoms with van der Waals surface area (Å²) in [6, 6.07) is -0.140. The molecule has 5 heteroatoms. The summed E-state index contributed by atoms with van der Waals surface area (Å²) >= 11 is 0. The van der Waals surface area contributed by atoms with Crippen molar-refractivity contribution in [2.24, 2.45) is 17.1 Å². The van der Waals surface area contributed by atoms with E-state index in [1.807, 2.05) is 0 Å². The second kappa shape index (κ2) is 6.85. The fourth-order valence-corrected chi connectivity index (χ4v) is 4.65. The molecule has 1 saturated heterocycles. The maximum Gasteiger partial charge on any atom is 0.237 e. The maximum atomic E-state index is 12.5. The van der Waals surface area contributed by atoms with E-state index in [0.717, 1.165) is 39.1 Å². The van der Waals surface area contributed by atoms with E-state index >= 15 is 0 Å². The first kappa shape index (κ1) is 16.2. The van der Waals surface area contributed by atoms with Gasteiger partial charge in [-0.2, -0.15) is 0 Å². The number of nitrogens with two attached hydrogens (primary N) is 1. The quantitative estimate of drug-likeness (QED) is 0.809. The molecule has 1 amide bonds. The van der Waals surface area contributed by atoms with E-state index in [0.29, 0.717) is 6.10 Å². The van der Waals surface area contributed by atoms with Crippen molar-refractivity contribution in [1.29, 1.82) is 0 Å². The molecule has 0 radical (unpaired) electrons. The third-order valence-corrected chi connectivity index (χ3v) is 6.08. The Labute approximate surface area is 133 Å². The van der Waals surface area contributed by atoms with Crippen LogP contribution in [0.15, 0.2) is 0 Å². The lowest BCUT2D eigenvalue weighted by Gasteiger charge is -2.54. The minimum absolute atomic E-state index is 0.0260. The molecule has 1 heterocycles. The van der Waals surface area contributed by atoms with Crippen LogP contribution in [0.1, 0.15) is 51.9 Å². The van der Waals surface area contributed by atoms with Crippen LogP contribution >= 0.6 is 0 Å². The smallest absolute Gasteiger partial charge is 0.237 e. The van der Waals surface area contributed by atoms with Crippen molar-refractivity contribution in [2.75, 3.05) is 19.8 Å². The zero-order chi connectivity index (χ0) is 15.6. The van der Waals surface area contributed by atoms with Crippen molar-refractivity contribution in [2.45, 2.75) is 70.1 Å². The van der Waals surface area contributed by atoms with Crippen LogP contribution in [0.3, 0.4) is 0 Å². The van der Waals surface area contributed by atoms with Crippen LogP contribution in [0, 0.1) is 11.3 Å². The lowest BCUT2D eigenvalue weighted by molar-refractivity contribution is -0.146. The predicted octanol–water partition coefficient (Wildman–Crippen LogP) is 1.59. The van der Waals surface area contributed by atoms with Crippen molar-refractivity contribution < 1.29 is 14.3 Å². The molecule has 3 atom stereocenters. The SMILES string of the molecule is CCOC1CC(NC(=O)C(N)C2CCOCC2)C12CCCC2. The van der Waals surface area contributed by atoms with Gasteiger partial charge in [0.05, 0.1) is 12.1 Å². The summed E-state index contributed by atoms with van der Waals surface area (Å²) in [5.41, 5.74) is 6.38. The van der Waals surface area contributed by atoms with Gasteiger partial charge in [0.1, 0.15) is 0 Å². The lowest BCUT2D eigenvalue weighted by Crippen LogP contribution is -2.65. The van der Waals surface area contributed by atoms with Crippen LogP contribution < -0.4 is 11.1 Å². The number of hydrogen-bond donors (Lipinski definition) is 2. The predicted molar refractivity (Wildman–Crippen MR) is 84.4 cm³/mol. The summed E-state index contributed by atoms with van der Waals surface area (Å²) in [7, 11) is 0. The Morgan fingerprint density at radius 1 is 1.36 bits per heavy atom. The largest absolute Gasteiger partial charge is 0.381 e. The van der Waals surface area contributed by atoms with Gasteiger partial charge in [-0.1, -0.05) is 12.8 Å². The second-order valence-electron chi connectivity index (χ2n) is 7.16. The summed E-state index contributed by atoms with van der Waals surface area (Å²) in [5.74, 6) is 0.286. The summed E-state index contributed by atoms with van der Waals surface area (Å²) in [6.45, 7) is 4.27. The average molecular weight is 310 g/mol. The van der Waals surface area contributed by atoms with Crippen LogP contribution in [0.25, 0.3) is 0 Å². The van der Waals surface area contributed by atoms with Crippen LogP contribution in [0.2, 0.25) is 0 Å². The monoisotopic (exact) mass is 310 g/mol. The Bertz CT molecular complexity index is 389. The Morgan fingerprint density at radius 3 is 2.68 bits per heavy atom. The van der Waals surface area contributed by atoms with Crippen LogP contribution in [-0.4, -0.2) is 43.9 Å². The van der Waals surface area contributed by atoms with Crippen molar-refractivity contribution in [3.8, 4) is 0 Å². The van der Waals surface area contributed by atoms with Gasteiger partial charge in [-0.3, -0.25) is 4.79 Å². The first-order valence-electron chi connectivity index (χ1n) is 8.92. The number of hydrogen-bond acceptors (Lipinski definition) is 4. The van der Waals surface area contributed by atoms with Crippen molar-refractivity contribution in [1.82, 2.24) is 5.32 Å². The molecule has 126 valence electrons. The highest BCUT2D eigenvalue weighted by atomic mass is 16.5. The van der Waals surface area contributed by atoms with Crippen molar-refractivity contribution in [3.63, 3.8) is 0 Å². The zero-order valence-corrected chi connectivity index (χ0v) is 13.7. The van der Waals surface area contributed by atoms with Crippen LogP contribution in [0.4, 0.5) is 0 Å². The molecule has 2 aliphatic carbocycles. The van der Waals surface area contributed by atoms with E-state index in [1.165, 1.54) is 25.7 Å². The third-order valence-electron chi connectivity index (χ3n) is 6.08. The fourth-order valence-electron chi connectivity index (χ4n) is 4.65. The van der Waals surface area contributed by atoms with Gasteiger partial charge < -0.3 is 20.5 Å². The van der Waals surface area contributed by atoms with Crippen LogP contribution in [-0.2, 0) is 14.3 Å². The molecule has 22 heavy (non-hydrogen) atoms. The van der Waals surface area contributed by atoms with E-state index < -0.39 is 6.04 Å². The Morgan fingerprint density at radius 2 is 2.05 bits per heavy atom. The average Bonchev–Trinajstić information content (AvgIpc) is 3.06. The van der Waals surface area contributed by atoms with Gasteiger partial charge >= 0.3 is 0 Å². The van der Waals surface area contributed by atoms with Gasteiger partial charge in [-0.05, 0) is 44.9 Å². The minimum Gasteiger partial charge on any atom is -0.381 e. The van der Waals surface area contributed by atoms with Crippen molar-refractivity contribution in [3.05, 3.63) is 0 Å². The standard InChI is InChI=1S/C17H30N2O3/c1-2-22-14-11-13(17(14)7-3-4-8-17)19-16(20)15(18)12-5-9-21-10-6-12/h12-15H,2-11,18H2,1H3,(H,19,20). The van der Waals surface area contributed by atoms with Gasteiger partial charge in [0.2, 0.25) is 5.91 Å². The molecule has 3 aliphatic rings. The lowest BCUT2D eigenvalue weighted by atomic mass is 9.60. The summed E-state index contributed by atoms with van der Waals surface area (Å²) in [4.78, 5) is 12.5. The van der Waals surface area contributed by atoms with Gasteiger partial charge in [0.25, 0.3) is 0 Å². The van der Waals surface area contributed by atoms with Gasteiger partial charge in [-0.15, -0.1) is 0 Å². The molecule has 3 rings (SSSR count). The summed E-state index contributed by atoms with van der Waals surface area (Å²) < 4.78 is 11.3. The van der Waals surface area contributed by atoms with E-state index in [1.54, 1.807) is 0 Å². The molecule has 0 aromatic carbocycles. The molecule has 0 aromatic rings. The number of carbonyl (C=O) groups is 1. The molecule has 3 N–H and O–H groups in total. The molecule has 1 aliphatic heterocycles. The topological polar surface area (TPSA) is 73.6 Å². The Hall–Kier alpha value is -0.650. The summed E-state index contributed by atoms with van der Waals surface area (Å²) in [5, 5.41) is 3.25. The van der Waals surface area contributed by atoms with E-state index in [4.69, 9.17) is 15.2 Å². The van der Waals surface area contributed by atoms with Gasteiger partial charge in [-0.25, -0.2) is 0 Å². The second-order valence-corrected chi connectivity index (χ2v) is 7.16. The number of ether oxygens (including phenoxy) is 2. The number of rotatable bonds is 5. The maximum absolute atomic E-state index is 12.5. The first-order chi connectivity index (χ1) is 10.7. The highest BCUT2D eigenvalue weighted by Crippen LogP contribution is 2.54. The highest BCUT2D eigenvalue weighted by molar-refractivity contribution is 5.82. The Kier molecular flexibility index (Phi) is 5.05. The molecule has 3 fully saturated rings. The number of amides is 1. The van der Waals surface area contributed by atoms with Crippen molar-refractivity contribution >= 4 is 5.91 Å². The zero-order valence-electron chi connectivity index (χ0n) is 13.7. The molecule has 0 aromatic heterocycles. The van der Waals surface area contributed by atoms with Gasteiger partial charge in [0.15, 0.2) is 0 Å². The van der Waals surface area contributed by atoms with E-state index in [2.05, 4.69) is 12.2 Å². The third kappa shape index (κ3) is 2.91. The molecule has 3 unspecified atom stereocenters. The highest BCUT2D eigenvalue weighted by Gasteiger charge is 2.57. The fraction of sp³-hybridized carbons (Fsp3) is 0.941. The number of nitrogens with one attached hydrogen (secondary N) is 1. The molecule has 0 bridgehead atoms. The molecular weight excluding hydrogens is 280 g/mol. The molecule has 2 saturated carbocycles. The van der Waals surface area contributed by atoms with E-state index in [-0.39, 0.29) is 23.3 Å². The number of carbonyl (C=O) groups excluding carboxylic acids is 1. The van der Waals surface area contributed by atoms with E-state index in [9.17, 15) is 4.79 Å². The Balaban J connectivity index is 1.57. The normalized spacial score (nSPS) is 32.6. The molecular formula is C17H30N2O3. The van der Waals surface area contributed by atoms with Crippen LogP contribution in [0.5, 0.6) is 0 Å². The minimum atomic E-state index is -0.395.